The van der Waals surface area contributed by atoms with E-state index in [9.17, 15) is 13.5 Å². The number of hydrogen-bond acceptors (Lipinski definition) is 4. The molecule has 1 N–H and O–H groups in total. The zero-order valence-electron chi connectivity index (χ0n) is 9.80. The van der Waals surface area contributed by atoms with E-state index in [-0.39, 0.29) is 17.5 Å². The van der Waals surface area contributed by atoms with Crippen LogP contribution in [0.5, 0.6) is 0 Å². The summed E-state index contributed by atoms with van der Waals surface area (Å²) in [6, 6.07) is 0.0726. The Kier molecular flexibility index (Phi) is 4.95. The largest absolute Gasteiger partial charge is 0.392 e. The van der Waals surface area contributed by atoms with Gasteiger partial charge in [-0.2, -0.15) is 0 Å². The number of hydrogen-bond donors (Lipinski definition) is 1. The first-order chi connectivity index (χ1) is 7.44. The van der Waals surface area contributed by atoms with E-state index in [4.69, 9.17) is 0 Å². The van der Waals surface area contributed by atoms with Crippen molar-refractivity contribution in [2.75, 3.05) is 25.1 Å². The normalized spacial score (nSPS) is 25.8. The highest BCUT2D eigenvalue weighted by Gasteiger charge is 2.30. The van der Waals surface area contributed by atoms with Crippen molar-refractivity contribution in [1.29, 1.82) is 0 Å². The van der Waals surface area contributed by atoms with Crippen LogP contribution in [0.15, 0.2) is 12.7 Å². The monoisotopic (exact) mass is 247 g/mol. The van der Waals surface area contributed by atoms with E-state index in [0.717, 1.165) is 6.42 Å². The summed E-state index contributed by atoms with van der Waals surface area (Å²) in [5.74, 6) is 0.516. The Balaban J connectivity index is 2.35. The summed E-state index contributed by atoms with van der Waals surface area (Å²) >= 11 is 0. The molecule has 94 valence electrons. The van der Waals surface area contributed by atoms with E-state index in [2.05, 4.69) is 6.58 Å². The van der Waals surface area contributed by atoms with Crippen LogP contribution in [0.3, 0.4) is 0 Å². The van der Waals surface area contributed by atoms with Gasteiger partial charge < -0.3 is 5.11 Å². The lowest BCUT2D eigenvalue weighted by Crippen LogP contribution is -2.38. The fourth-order valence-electron chi connectivity index (χ4n) is 2.01. The molecule has 5 heteroatoms. The number of aliphatic hydroxyl groups excluding tert-OH is 1. The van der Waals surface area contributed by atoms with Crippen LogP contribution in [0.2, 0.25) is 0 Å². The molecule has 1 fully saturated rings. The summed E-state index contributed by atoms with van der Waals surface area (Å²) in [5.41, 5.74) is 0. The van der Waals surface area contributed by atoms with Crippen molar-refractivity contribution in [3.63, 3.8) is 0 Å². The summed E-state index contributed by atoms with van der Waals surface area (Å²) in [6.45, 7) is 4.14. The third-order valence-electron chi connectivity index (χ3n) is 3.03. The summed E-state index contributed by atoms with van der Waals surface area (Å²) in [4.78, 5) is 1.96. The highest BCUT2D eigenvalue weighted by Crippen LogP contribution is 2.17. The molecule has 1 saturated heterocycles. The number of nitrogens with zero attached hydrogens (tertiary/aromatic N) is 1. The molecular formula is C11H21NO3S. The Hall–Kier alpha value is -0.390. The standard InChI is InChI=1S/C11H21NO3S/c1-3-4-5-11(13)8-12(2)10-6-7-16(14,15)9-10/h3,10-11,13H,1,4-9H2,2H3/t10-,11+/m1/s1. The van der Waals surface area contributed by atoms with Gasteiger partial charge in [-0.05, 0) is 26.3 Å². The summed E-state index contributed by atoms with van der Waals surface area (Å²) in [6.07, 6.45) is 3.55. The van der Waals surface area contributed by atoms with Gasteiger partial charge in [0.05, 0.1) is 17.6 Å². The number of rotatable bonds is 6. The van der Waals surface area contributed by atoms with Gasteiger partial charge >= 0.3 is 0 Å². The van der Waals surface area contributed by atoms with E-state index >= 15 is 0 Å². The molecule has 0 amide bonds. The Bertz CT molecular complexity index is 326. The smallest absolute Gasteiger partial charge is 0.151 e. The Morgan fingerprint density at radius 3 is 2.81 bits per heavy atom. The molecule has 0 aromatic heterocycles. The summed E-state index contributed by atoms with van der Waals surface area (Å²) in [5, 5.41) is 9.70. The van der Waals surface area contributed by atoms with Crippen LogP contribution in [0, 0.1) is 0 Å². The third-order valence-corrected chi connectivity index (χ3v) is 4.78. The van der Waals surface area contributed by atoms with E-state index in [1.165, 1.54) is 0 Å². The van der Waals surface area contributed by atoms with Crippen LogP contribution in [0.4, 0.5) is 0 Å². The van der Waals surface area contributed by atoms with Crippen molar-refractivity contribution in [3.05, 3.63) is 12.7 Å². The molecule has 16 heavy (non-hydrogen) atoms. The first-order valence-corrected chi connectivity index (χ1v) is 7.46. The number of likely N-dealkylation sites (N-methyl/N-ethyl adjacent to an activating group) is 1. The fourth-order valence-corrected chi connectivity index (χ4v) is 3.81. The molecule has 0 saturated carbocycles. The van der Waals surface area contributed by atoms with E-state index in [1.54, 1.807) is 6.08 Å². The van der Waals surface area contributed by atoms with Crippen LogP contribution < -0.4 is 0 Å². The van der Waals surface area contributed by atoms with Crippen molar-refractivity contribution >= 4 is 9.84 Å². The van der Waals surface area contributed by atoms with Crippen molar-refractivity contribution in [1.82, 2.24) is 4.90 Å². The van der Waals surface area contributed by atoms with E-state index < -0.39 is 15.9 Å². The van der Waals surface area contributed by atoms with Crippen molar-refractivity contribution in [2.24, 2.45) is 0 Å². The van der Waals surface area contributed by atoms with Crippen molar-refractivity contribution in [2.45, 2.75) is 31.4 Å². The topological polar surface area (TPSA) is 57.6 Å². The second kappa shape index (κ2) is 5.80. The SMILES string of the molecule is C=CCC[C@H](O)CN(C)[C@@H]1CCS(=O)(=O)C1. The first-order valence-electron chi connectivity index (χ1n) is 5.64. The lowest BCUT2D eigenvalue weighted by atomic mass is 10.1. The average Bonchev–Trinajstić information content (AvgIpc) is 2.56. The summed E-state index contributed by atoms with van der Waals surface area (Å²) in [7, 11) is -0.955. The highest BCUT2D eigenvalue weighted by molar-refractivity contribution is 7.91. The lowest BCUT2D eigenvalue weighted by molar-refractivity contribution is 0.103. The second-order valence-electron chi connectivity index (χ2n) is 4.52. The molecule has 0 radical (unpaired) electrons. The molecule has 1 heterocycles. The number of aliphatic hydroxyl groups is 1. The maximum absolute atomic E-state index is 11.3. The minimum atomic E-state index is -2.83. The third kappa shape index (κ3) is 4.23. The number of allylic oxidation sites excluding steroid dienone is 1. The lowest BCUT2D eigenvalue weighted by Gasteiger charge is -2.25. The molecule has 0 aromatic carbocycles. The predicted octanol–water partition coefficient (Wildman–Crippen LogP) is 0.432. The van der Waals surface area contributed by atoms with Crippen LogP contribution in [0.1, 0.15) is 19.3 Å². The van der Waals surface area contributed by atoms with Gasteiger partial charge in [-0.3, -0.25) is 4.90 Å². The Morgan fingerprint density at radius 1 is 1.62 bits per heavy atom. The molecule has 0 aliphatic carbocycles. The second-order valence-corrected chi connectivity index (χ2v) is 6.75. The molecule has 4 nitrogen and oxygen atoms in total. The van der Waals surface area contributed by atoms with Crippen molar-refractivity contribution < 1.29 is 13.5 Å². The Labute approximate surface area is 97.9 Å². The minimum Gasteiger partial charge on any atom is -0.392 e. The fraction of sp³-hybridized carbons (Fsp3) is 0.818. The minimum absolute atomic E-state index is 0.0726. The first kappa shape index (κ1) is 13.7. The average molecular weight is 247 g/mol. The van der Waals surface area contributed by atoms with E-state index in [1.807, 2.05) is 11.9 Å². The maximum atomic E-state index is 11.3. The predicted molar refractivity (Wildman–Crippen MR) is 65.1 cm³/mol. The van der Waals surface area contributed by atoms with Gasteiger partial charge in [0, 0.05) is 12.6 Å². The highest BCUT2D eigenvalue weighted by atomic mass is 32.2. The molecule has 0 aromatic rings. The van der Waals surface area contributed by atoms with Gasteiger partial charge in [0.15, 0.2) is 9.84 Å². The molecule has 1 rings (SSSR count). The zero-order valence-corrected chi connectivity index (χ0v) is 10.6. The van der Waals surface area contributed by atoms with Gasteiger partial charge in [0.2, 0.25) is 0 Å². The Morgan fingerprint density at radius 2 is 2.31 bits per heavy atom. The molecule has 0 unspecified atom stereocenters. The molecule has 0 spiro atoms. The number of sulfone groups is 1. The molecule has 2 atom stereocenters. The van der Waals surface area contributed by atoms with Crippen LogP contribution in [-0.4, -0.2) is 55.7 Å². The van der Waals surface area contributed by atoms with Crippen LogP contribution in [-0.2, 0) is 9.84 Å². The van der Waals surface area contributed by atoms with Crippen LogP contribution >= 0.6 is 0 Å². The molecule has 0 bridgehead atoms. The molecule has 1 aliphatic rings. The van der Waals surface area contributed by atoms with Gasteiger partial charge in [-0.1, -0.05) is 6.08 Å². The zero-order chi connectivity index (χ0) is 12.2. The van der Waals surface area contributed by atoms with Gasteiger partial charge in [-0.25, -0.2) is 8.42 Å². The summed E-state index contributed by atoms with van der Waals surface area (Å²) < 4.78 is 22.6. The van der Waals surface area contributed by atoms with Gasteiger partial charge in [0.1, 0.15) is 0 Å². The van der Waals surface area contributed by atoms with E-state index in [0.29, 0.717) is 19.4 Å². The molecule has 1 aliphatic heterocycles. The van der Waals surface area contributed by atoms with Gasteiger partial charge in [-0.15, -0.1) is 6.58 Å². The van der Waals surface area contributed by atoms with Crippen molar-refractivity contribution in [3.8, 4) is 0 Å². The quantitative estimate of drug-likeness (QED) is 0.692. The maximum Gasteiger partial charge on any atom is 0.151 e. The van der Waals surface area contributed by atoms with Gasteiger partial charge in [0.25, 0.3) is 0 Å². The van der Waals surface area contributed by atoms with Crippen LogP contribution in [0.25, 0.3) is 0 Å². The molecular weight excluding hydrogens is 226 g/mol.